The van der Waals surface area contributed by atoms with Crippen molar-refractivity contribution in [3.8, 4) is 10.7 Å². The van der Waals surface area contributed by atoms with Gasteiger partial charge in [-0.2, -0.15) is 0 Å². The molecule has 0 saturated heterocycles. The maximum absolute atomic E-state index is 12.6. The molecule has 0 radical (unpaired) electrons. The third kappa shape index (κ3) is 1.69. The van der Waals surface area contributed by atoms with Gasteiger partial charge in [0.05, 0.1) is 6.20 Å². The highest BCUT2D eigenvalue weighted by molar-refractivity contribution is 7.18. The summed E-state index contributed by atoms with van der Waals surface area (Å²) in [5.41, 5.74) is 0.630. The molecule has 0 aliphatic carbocycles. The average molecular weight is 210 g/mol. The first-order valence-corrected chi connectivity index (χ1v) is 4.74. The predicted molar refractivity (Wildman–Crippen MR) is 52.6 cm³/mol. The molecule has 2 aromatic heterocycles. The van der Waals surface area contributed by atoms with Gasteiger partial charge < -0.3 is 5.32 Å². The van der Waals surface area contributed by atoms with Gasteiger partial charge in [-0.1, -0.05) is 11.3 Å². The minimum Gasteiger partial charge on any atom is -0.363 e. The Morgan fingerprint density at radius 3 is 2.79 bits per heavy atom. The number of pyridine rings is 1. The Balaban J connectivity index is 2.34. The van der Waals surface area contributed by atoms with Gasteiger partial charge in [-0.15, -0.1) is 10.2 Å². The van der Waals surface area contributed by atoms with Crippen LogP contribution in [0.1, 0.15) is 0 Å². The Labute approximate surface area is 83.8 Å². The monoisotopic (exact) mass is 210 g/mol. The normalized spacial score (nSPS) is 10.1. The molecule has 0 atom stereocenters. The molecule has 2 heterocycles. The summed E-state index contributed by atoms with van der Waals surface area (Å²) in [5, 5.41) is 12.0. The lowest BCUT2D eigenvalue weighted by Crippen LogP contribution is -1.85. The van der Waals surface area contributed by atoms with Crippen LogP contribution in [0.5, 0.6) is 0 Å². The minimum absolute atomic E-state index is 0.355. The fraction of sp³-hybridized carbons (Fsp3) is 0.125. The Morgan fingerprint density at radius 2 is 2.21 bits per heavy atom. The standard InChI is InChI=1S/C8H7FN4S/c1-10-8-13-12-7(14-8)6-3-2-5(9)4-11-6/h2-4H,1H3,(H,10,13). The topological polar surface area (TPSA) is 50.7 Å². The molecular formula is C8H7FN4S. The van der Waals surface area contributed by atoms with Crippen molar-refractivity contribution in [2.75, 3.05) is 12.4 Å². The van der Waals surface area contributed by atoms with E-state index in [1.807, 2.05) is 0 Å². The molecule has 2 rings (SSSR count). The van der Waals surface area contributed by atoms with Crippen LogP contribution in [0.3, 0.4) is 0 Å². The Kier molecular flexibility index (Phi) is 2.36. The van der Waals surface area contributed by atoms with Crippen LogP contribution in [-0.2, 0) is 0 Å². The SMILES string of the molecule is CNc1nnc(-c2ccc(F)cn2)s1. The Bertz CT molecular complexity index is 425. The largest absolute Gasteiger partial charge is 0.363 e. The van der Waals surface area contributed by atoms with E-state index in [-0.39, 0.29) is 5.82 Å². The highest BCUT2D eigenvalue weighted by atomic mass is 32.1. The van der Waals surface area contributed by atoms with Crippen molar-refractivity contribution < 1.29 is 4.39 Å². The lowest BCUT2D eigenvalue weighted by molar-refractivity contribution is 0.622. The first-order valence-electron chi connectivity index (χ1n) is 3.93. The zero-order valence-electron chi connectivity index (χ0n) is 7.36. The van der Waals surface area contributed by atoms with Gasteiger partial charge in [-0.25, -0.2) is 4.39 Å². The minimum atomic E-state index is -0.355. The molecular weight excluding hydrogens is 203 g/mol. The van der Waals surface area contributed by atoms with Crippen LogP contribution in [0, 0.1) is 5.82 Å². The van der Waals surface area contributed by atoms with E-state index in [2.05, 4.69) is 20.5 Å². The van der Waals surface area contributed by atoms with Crippen LogP contribution in [0.25, 0.3) is 10.7 Å². The van der Waals surface area contributed by atoms with E-state index >= 15 is 0 Å². The molecule has 0 bridgehead atoms. The fourth-order valence-electron chi connectivity index (χ4n) is 0.930. The number of nitrogens with zero attached hydrogens (tertiary/aromatic N) is 3. The highest BCUT2D eigenvalue weighted by Gasteiger charge is 2.06. The Morgan fingerprint density at radius 1 is 1.36 bits per heavy atom. The van der Waals surface area contributed by atoms with Gasteiger partial charge in [0.25, 0.3) is 0 Å². The van der Waals surface area contributed by atoms with Gasteiger partial charge in [0.1, 0.15) is 11.5 Å². The molecule has 0 spiro atoms. The number of halogens is 1. The molecule has 0 unspecified atom stereocenters. The van der Waals surface area contributed by atoms with Gasteiger partial charge >= 0.3 is 0 Å². The second kappa shape index (κ2) is 3.67. The van der Waals surface area contributed by atoms with Crippen LogP contribution in [-0.4, -0.2) is 22.2 Å². The molecule has 14 heavy (non-hydrogen) atoms. The second-order valence-corrected chi connectivity index (χ2v) is 3.50. The van der Waals surface area contributed by atoms with E-state index in [1.165, 1.54) is 17.4 Å². The molecule has 0 fully saturated rings. The van der Waals surface area contributed by atoms with Gasteiger partial charge in [0.2, 0.25) is 5.13 Å². The number of aromatic nitrogens is 3. The molecule has 0 aliphatic heterocycles. The molecule has 0 saturated carbocycles. The molecule has 6 heteroatoms. The van der Waals surface area contributed by atoms with Crippen molar-refractivity contribution in [1.29, 1.82) is 0 Å². The van der Waals surface area contributed by atoms with E-state index in [9.17, 15) is 4.39 Å². The number of hydrogen-bond acceptors (Lipinski definition) is 5. The van der Waals surface area contributed by atoms with Crippen molar-refractivity contribution in [2.24, 2.45) is 0 Å². The third-order valence-electron chi connectivity index (χ3n) is 1.59. The quantitative estimate of drug-likeness (QED) is 0.820. The van der Waals surface area contributed by atoms with E-state index in [0.29, 0.717) is 15.8 Å². The predicted octanol–water partition coefficient (Wildman–Crippen LogP) is 1.78. The second-order valence-electron chi connectivity index (χ2n) is 2.52. The van der Waals surface area contributed by atoms with Gasteiger partial charge in [0, 0.05) is 7.05 Å². The maximum atomic E-state index is 12.6. The summed E-state index contributed by atoms with van der Waals surface area (Å²) in [5.74, 6) is -0.355. The Hall–Kier alpha value is -1.56. The summed E-state index contributed by atoms with van der Waals surface area (Å²) in [4.78, 5) is 3.90. The molecule has 0 amide bonds. The highest BCUT2D eigenvalue weighted by Crippen LogP contribution is 2.23. The molecule has 0 aromatic carbocycles. The lowest BCUT2D eigenvalue weighted by atomic mass is 10.4. The summed E-state index contributed by atoms with van der Waals surface area (Å²) < 4.78 is 12.6. The summed E-state index contributed by atoms with van der Waals surface area (Å²) in [6.07, 6.45) is 1.16. The van der Waals surface area contributed by atoms with Crippen LogP contribution >= 0.6 is 11.3 Å². The lowest BCUT2D eigenvalue weighted by Gasteiger charge is -1.92. The van der Waals surface area contributed by atoms with Gasteiger partial charge in [-0.3, -0.25) is 4.98 Å². The summed E-state index contributed by atoms with van der Waals surface area (Å²) >= 11 is 1.37. The number of nitrogens with one attached hydrogen (secondary N) is 1. The first-order chi connectivity index (χ1) is 6.79. The smallest absolute Gasteiger partial charge is 0.205 e. The zero-order chi connectivity index (χ0) is 9.97. The van der Waals surface area contributed by atoms with Gasteiger partial charge in [0.15, 0.2) is 5.01 Å². The summed E-state index contributed by atoms with van der Waals surface area (Å²) in [6, 6.07) is 2.93. The van der Waals surface area contributed by atoms with E-state index < -0.39 is 0 Å². The molecule has 4 nitrogen and oxygen atoms in total. The number of anilines is 1. The van der Waals surface area contributed by atoms with E-state index in [4.69, 9.17) is 0 Å². The van der Waals surface area contributed by atoms with E-state index in [1.54, 1.807) is 13.1 Å². The van der Waals surface area contributed by atoms with Crippen molar-refractivity contribution in [3.05, 3.63) is 24.1 Å². The molecule has 2 aromatic rings. The average Bonchev–Trinajstić information content (AvgIpc) is 2.67. The van der Waals surface area contributed by atoms with Crippen LogP contribution in [0.2, 0.25) is 0 Å². The summed E-state index contributed by atoms with van der Waals surface area (Å²) in [7, 11) is 1.77. The van der Waals surface area contributed by atoms with Crippen molar-refractivity contribution in [1.82, 2.24) is 15.2 Å². The third-order valence-corrected chi connectivity index (χ3v) is 2.55. The number of rotatable bonds is 2. The van der Waals surface area contributed by atoms with Crippen molar-refractivity contribution in [2.45, 2.75) is 0 Å². The number of hydrogen-bond donors (Lipinski definition) is 1. The first kappa shape index (κ1) is 9.01. The van der Waals surface area contributed by atoms with Crippen molar-refractivity contribution >= 4 is 16.5 Å². The molecule has 72 valence electrons. The molecule has 1 N–H and O–H groups in total. The molecule has 0 aliphatic rings. The van der Waals surface area contributed by atoms with Crippen LogP contribution in [0.4, 0.5) is 9.52 Å². The van der Waals surface area contributed by atoms with E-state index in [0.717, 1.165) is 6.20 Å². The van der Waals surface area contributed by atoms with Gasteiger partial charge in [-0.05, 0) is 12.1 Å². The fourth-order valence-corrected chi connectivity index (χ4v) is 1.60. The zero-order valence-corrected chi connectivity index (χ0v) is 8.18. The van der Waals surface area contributed by atoms with Crippen LogP contribution < -0.4 is 5.32 Å². The van der Waals surface area contributed by atoms with Crippen molar-refractivity contribution in [3.63, 3.8) is 0 Å². The van der Waals surface area contributed by atoms with Crippen LogP contribution in [0.15, 0.2) is 18.3 Å². The maximum Gasteiger partial charge on any atom is 0.205 e. The summed E-state index contributed by atoms with van der Waals surface area (Å²) in [6.45, 7) is 0.